The fraction of sp³-hybridized carbons (Fsp3) is 0.545. The van der Waals surface area contributed by atoms with Gasteiger partial charge in [-0.1, -0.05) is 19.0 Å². The van der Waals surface area contributed by atoms with Gasteiger partial charge in [-0.05, 0) is 76.8 Å². The molecule has 2 aliphatic rings. The minimum absolute atomic E-state index is 0.0289. The summed E-state index contributed by atoms with van der Waals surface area (Å²) in [4.78, 5) is 42.8. The number of ether oxygens (including phenoxy) is 3. The van der Waals surface area contributed by atoms with Crippen LogP contribution in [0.15, 0.2) is 41.0 Å². The Morgan fingerprint density at radius 1 is 0.938 bits per heavy atom. The molecule has 48 heavy (non-hydrogen) atoms. The molecule has 266 valence electrons. The summed E-state index contributed by atoms with van der Waals surface area (Å²) in [6.07, 6.45) is 6.76. The van der Waals surface area contributed by atoms with E-state index in [1.165, 1.54) is 12.8 Å². The van der Waals surface area contributed by atoms with Crippen LogP contribution in [-0.2, 0) is 41.6 Å². The Labute approximate surface area is 279 Å². The van der Waals surface area contributed by atoms with Crippen molar-refractivity contribution in [3.8, 4) is 5.75 Å². The predicted octanol–water partition coefficient (Wildman–Crippen LogP) is 3.37. The predicted molar refractivity (Wildman–Crippen MR) is 174 cm³/mol. The van der Waals surface area contributed by atoms with E-state index < -0.39 is 23.9 Å². The number of aryl methyl sites for hydroxylation is 1. The molecule has 2 fully saturated rings. The van der Waals surface area contributed by atoms with Crippen molar-refractivity contribution < 1.29 is 58.3 Å². The molecule has 3 heterocycles. The normalized spacial score (nSPS) is 15.9. The van der Waals surface area contributed by atoms with Crippen molar-refractivity contribution in [3.05, 3.63) is 47.7 Å². The molecule has 0 saturated carbocycles. The van der Waals surface area contributed by atoms with Crippen molar-refractivity contribution in [1.82, 2.24) is 15.0 Å². The lowest BCUT2D eigenvalue weighted by molar-refractivity contribution is -0.134. The second-order valence-electron chi connectivity index (χ2n) is 12.0. The first-order valence-corrected chi connectivity index (χ1v) is 15.7. The molecule has 0 spiro atoms. The molecule has 4 N–H and O–H groups in total. The van der Waals surface area contributed by atoms with Gasteiger partial charge in [0, 0.05) is 42.8 Å². The van der Waals surface area contributed by atoms with Gasteiger partial charge in [0.2, 0.25) is 0 Å². The Morgan fingerprint density at radius 3 is 1.96 bits per heavy atom. The fourth-order valence-corrected chi connectivity index (χ4v) is 4.94. The summed E-state index contributed by atoms with van der Waals surface area (Å²) in [6, 6.07) is 4.22. The van der Waals surface area contributed by atoms with Crippen LogP contribution in [0.4, 0.5) is 0 Å². The lowest BCUT2D eigenvalue weighted by Gasteiger charge is -2.32. The summed E-state index contributed by atoms with van der Waals surface area (Å²) in [6.45, 7) is 10.4. The van der Waals surface area contributed by atoms with Gasteiger partial charge in [0.25, 0.3) is 0 Å². The molecule has 2 saturated heterocycles. The first kappa shape index (κ1) is 39.9. The molecule has 0 radical (unpaired) electrons. The van der Waals surface area contributed by atoms with Crippen LogP contribution >= 0.6 is 0 Å². The second kappa shape index (κ2) is 20.8. The molecule has 0 amide bonds. The molecular formula is C33H47N3O12. The number of carboxylic acids is 4. The highest BCUT2D eigenvalue weighted by Crippen LogP contribution is 2.33. The molecule has 15 heteroatoms. The minimum Gasteiger partial charge on any atom is -0.493 e. The number of fused-ring (bicyclic) bond motifs is 1. The monoisotopic (exact) mass is 677 g/mol. The zero-order valence-corrected chi connectivity index (χ0v) is 27.9. The number of hydrogen-bond donors (Lipinski definition) is 4. The number of carbonyl (C=O) groups is 4. The van der Waals surface area contributed by atoms with Crippen LogP contribution in [-0.4, -0.2) is 119 Å². The second-order valence-corrected chi connectivity index (χ2v) is 12.0. The number of aliphatic carboxylic acids is 4. The van der Waals surface area contributed by atoms with Gasteiger partial charge in [-0.15, -0.1) is 0 Å². The smallest absolute Gasteiger partial charge is 0.328 e. The van der Waals surface area contributed by atoms with Crippen LogP contribution in [0.5, 0.6) is 5.75 Å². The summed E-state index contributed by atoms with van der Waals surface area (Å²) < 4.78 is 23.1. The number of nitrogens with zero attached hydrogens (tertiary/aromatic N) is 3. The lowest BCUT2D eigenvalue weighted by atomic mass is 9.91. The zero-order valence-electron chi connectivity index (χ0n) is 27.9. The number of piperidine rings is 1. The average Bonchev–Trinajstić information content (AvgIpc) is 3.69. The Balaban J connectivity index is 0.000000414. The molecule has 1 aromatic carbocycles. The van der Waals surface area contributed by atoms with Crippen LogP contribution in [0.25, 0.3) is 11.0 Å². The summed E-state index contributed by atoms with van der Waals surface area (Å²) >= 11 is 0. The van der Waals surface area contributed by atoms with E-state index in [2.05, 4.69) is 55.0 Å². The van der Waals surface area contributed by atoms with Gasteiger partial charge >= 0.3 is 23.9 Å². The van der Waals surface area contributed by atoms with E-state index in [-0.39, 0.29) is 6.29 Å². The molecular weight excluding hydrogens is 630 g/mol. The van der Waals surface area contributed by atoms with Crippen LogP contribution < -0.4 is 4.74 Å². The summed E-state index contributed by atoms with van der Waals surface area (Å²) in [5.74, 6) is -2.91. The van der Waals surface area contributed by atoms with Gasteiger partial charge in [0.15, 0.2) is 11.9 Å². The van der Waals surface area contributed by atoms with Crippen molar-refractivity contribution in [2.75, 3.05) is 53.6 Å². The summed E-state index contributed by atoms with van der Waals surface area (Å²) in [5, 5.41) is 36.9. The quantitative estimate of drug-likeness (QED) is 0.211. The minimum atomic E-state index is -1.26. The molecule has 0 bridgehead atoms. The van der Waals surface area contributed by atoms with Gasteiger partial charge in [-0.25, -0.2) is 19.2 Å². The highest BCUT2D eigenvalue weighted by molar-refractivity contribution is 5.90. The topological polar surface area (TPSA) is 209 Å². The van der Waals surface area contributed by atoms with Crippen molar-refractivity contribution in [3.63, 3.8) is 0 Å². The lowest BCUT2D eigenvalue weighted by Crippen LogP contribution is -2.39. The van der Waals surface area contributed by atoms with Crippen molar-refractivity contribution in [2.24, 2.45) is 11.8 Å². The van der Waals surface area contributed by atoms with E-state index in [1.54, 1.807) is 0 Å². The Hall–Kier alpha value is -4.31. The molecule has 1 aromatic heterocycles. The molecule has 0 unspecified atom stereocenters. The van der Waals surface area contributed by atoms with Gasteiger partial charge in [0.05, 0.1) is 31.1 Å². The fourth-order valence-electron chi connectivity index (χ4n) is 4.94. The molecule has 2 aromatic rings. The molecule has 2 aliphatic heterocycles. The van der Waals surface area contributed by atoms with E-state index in [0.717, 1.165) is 86.1 Å². The van der Waals surface area contributed by atoms with E-state index in [9.17, 15) is 19.2 Å². The number of rotatable bonds is 14. The highest BCUT2D eigenvalue weighted by Gasteiger charge is 2.25. The summed E-state index contributed by atoms with van der Waals surface area (Å²) in [7, 11) is 4.14. The largest absolute Gasteiger partial charge is 0.493 e. The maximum absolute atomic E-state index is 9.55. The third-order valence-corrected chi connectivity index (χ3v) is 7.15. The van der Waals surface area contributed by atoms with Crippen LogP contribution in [0.3, 0.4) is 0 Å². The average molecular weight is 678 g/mol. The van der Waals surface area contributed by atoms with Crippen molar-refractivity contribution in [1.29, 1.82) is 0 Å². The number of carboxylic acid groups (broad SMARTS) is 4. The van der Waals surface area contributed by atoms with E-state index in [0.29, 0.717) is 36.8 Å². The van der Waals surface area contributed by atoms with Gasteiger partial charge in [0.1, 0.15) is 5.75 Å². The maximum atomic E-state index is 9.55. The Bertz CT molecular complexity index is 1320. The summed E-state index contributed by atoms with van der Waals surface area (Å²) in [5.41, 5.74) is 3.04. The number of benzene rings is 1. The van der Waals surface area contributed by atoms with E-state index in [4.69, 9.17) is 39.2 Å². The zero-order chi connectivity index (χ0) is 35.6. The molecule has 0 aliphatic carbocycles. The van der Waals surface area contributed by atoms with Crippen LogP contribution in [0.2, 0.25) is 0 Å². The molecule has 4 rings (SSSR count). The highest BCUT2D eigenvalue weighted by atomic mass is 16.7. The molecule has 15 nitrogen and oxygen atoms in total. The van der Waals surface area contributed by atoms with E-state index in [1.807, 2.05) is 0 Å². The molecule has 0 atom stereocenters. The van der Waals surface area contributed by atoms with Crippen LogP contribution in [0.1, 0.15) is 44.4 Å². The SMILES string of the molecule is CC(C)COc1ccc2c(CCC3CCN(CC4OCCO4)CC3)noc2c1CN(C)C.O=C(O)C=CC(=O)O.O=C(O)C=CC(=O)O. The first-order chi connectivity index (χ1) is 22.7. The Kier molecular flexibility index (Phi) is 17.3. The third kappa shape index (κ3) is 15.5. The van der Waals surface area contributed by atoms with Gasteiger partial charge in [-0.2, -0.15) is 0 Å². The number of hydrogen-bond acceptors (Lipinski definition) is 11. The number of aromatic nitrogens is 1. The Morgan fingerprint density at radius 2 is 1.48 bits per heavy atom. The van der Waals surface area contributed by atoms with E-state index >= 15 is 0 Å². The standard InChI is InChI=1S/C25H39N3O4.2C4H4O4/c1-18(2)17-31-23-8-6-20-22(26-32-25(20)21(23)15-27(3)4)7-5-19-9-11-28(12-10-19)16-24-29-13-14-30-24;2*5-3(6)1-2-4(7)8/h6,8,18-19,24H,5,7,9-17H2,1-4H3;2*1-2H,(H,5,6)(H,7,8). The van der Waals surface area contributed by atoms with Gasteiger partial charge in [-0.3, -0.25) is 4.90 Å². The van der Waals surface area contributed by atoms with Crippen molar-refractivity contribution >= 4 is 34.8 Å². The third-order valence-electron chi connectivity index (χ3n) is 7.15. The first-order valence-electron chi connectivity index (χ1n) is 15.7. The maximum Gasteiger partial charge on any atom is 0.328 e. The van der Waals surface area contributed by atoms with Gasteiger partial charge < -0.3 is 44.1 Å². The van der Waals surface area contributed by atoms with Crippen molar-refractivity contribution in [2.45, 2.75) is 52.4 Å². The number of likely N-dealkylation sites (tertiary alicyclic amines) is 1. The van der Waals surface area contributed by atoms with Crippen LogP contribution in [0, 0.1) is 11.8 Å².